The Morgan fingerprint density at radius 2 is 2.32 bits per heavy atom. The molecular formula is C12H12BrFN4O. The third-order valence-corrected chi connectivity index (χ3v) is 3.37. The number of aryl methyl sites for hydroxylation is 1. The molecule has 0 spiro atoms. The maximum Gasteiger partial charge on any atom is 0.252 e. The van der Waals surface area contributed by atoms with E-state index in [1.54, 1.807) is 13.2 Å². The van der Waals surface area contributed by atoms with Gasteiger partial charge in [-0.2, -0.15) is 5.10 Å². The number of aromatic nitrogens is 2. The van der Waals surface area contributed by atoms with Gasteiger partial charge in [0.25, 0.3) is 5.91 Å². The van der Waals surface area contributed by atoms with Gasteiger partial charge in [0.15, 0.2) is 0 Å². The molecule has 5 nitrogen and oxygen atoms in total. The van der Waals surface area contributed by atoms with E-state index in [1.165, 1.54) is 22.9 Å². The van der Waals surface area contributed by atoms with Gasteiger partial charge in [0.2, 0.25) is 0 Å². The third kappa shape index (κ3) is 2.93. The smallest absolute Gasteiger partial charge is 0.252 e. The SMILES string of the molecule is Cn1ncc(CNC(=O)c2cc(F)ccc2Br)c1N. The molecular weight excluding hydrogens is 315 g/mol. The first kappa shape index (κ1) is 13.5. The molecule has 1 aromatic carbocycles. The lowest BCUT2D eigenvalue weighted by molar-refractivity contribution is 0.0950. The van der Waals surface area contributed by atoms with Gasteiger partial charge in [-0.15, -0.1) is 0 Å². The minimum absolute atomic E-state index is 0.238. The third-order valence-electron chi connectivity index (χ3n) is 2.68. The number of nitrogens with zero attached hydrogens (tertiary/aromatic N) is 2. The van der Waals surface area contributed by atoms with Crippen LogP contribution in [0.25, 0.3) is 0 Å². The summed E-state index contributed by atoms with van der Waals surface area (Å²) in [5.74, 6) is -0.359. The van der Waals surface area contributed by atoms with E-state index in [0.29, 0.717) is 15.9 Å². The molecule has 0 saturated carbocycles. The second-order valence-electron chi connectivity index (χ2n) is 3.99. The first-order chi connectivity index (χ1) is 8.99. The molecule has 1 aromatic heterocycles. The van der Waals surface area contributed by atoms with E-state index in [9.17, 15) is 9.18 Å². The van der Waals surface area contributed by atoms with Gasteiger partial charge in [-0.1, -0.05) is 0 Å². The molecule has 0 atom stereocenters. The molecule has 0 unspecified atom stereocenters. The number of nitrogens with two attached hydrogens (primary N) is 1. The Morgan fingerprint density at radius 1 is 1.58 bits per heavy atom. The van der Waals surface area contributed by atoms with Gasteiger partial charge in [-0.05, 0) is 34.1 Å². The largest absolute Gasteiger partial charge is 0.384 e. The van der Waals surface area contributed by atoms with Crippen molar-refractivity contribution >= 4 is 27.7 Å². The molecule has 100 valence electrons. The number of hydrogen-bond acceptors (Lipinski definition) is 3. The number of halogens is 2. The van der Waals surface area contributed by atoms with Crippen LogP contribution in [0.5, 0.6) is 0 Å². The number of carbonyl (C=O) groups excluding carboxylic acids is 1. The van der Waals surface area contributed by atoms with Gasteiger partial charge in [0, 0.05) is 23.6 Å². The maximum atomic E-state index is 13.1. The van der Waals surface area contributed by atoms with Gasteiger partial charge >= 0.3 is 0 Å². The lowest BCUT2D eigenvalue weighted by Crippen LogP contribution is -2.23. The summed E-state index contributed by atoms with van der Waals surface area (Å²) in [7, 11) is 1.71. The summed E-state index contributed by atoms with van der Waals surface area (Å²) in [6, 6.07) is 3.94. The summed E-state index contributed by atoms with van der Waals surface area (Å²) in [5, 5.41) is 6.64. The van der Waals surface area contributed by atoms with E-state index in [1.807, 2.05) is 0 Å². The lowest BCUT2D eigenvalue weighted by atomic mass is 10.2. The number of hydrogen-bond donors (Lipinski definition) is 2. The fraction of sp³-hybridized carbons (Fsp3) is 0.167. The van der Waals surface area contributed by atoms with Crippen molar-refractivity contribution in [2.75, 3.05) is 5.73 Å². The van der Waals surface area contributed by atoms with Crippen LogP contribution in [0.3, 0.4) is 0 Å². The number of carbonyl (C=O) groups is 1. The zero-order chi connectivity index (χ0) is 14.0. The van der Waals surface area contributed by atoms with Crippen LogP contribution < -0.4 is 11.1 Å². The number of nitrogens with one attached hydrogen (secondary N) is 1. The normalized spacial score (nSPS) is 10.5. The quantitative estimate of drug-likeness (QED) is 0.903. The molecule has 0 saturated heterocycles. The molecule has 0 aliphatic rings. The second kappa shape index (κ2) is 5.40. The van der Waals surface area contributed by atoms with Crippen molar-refractivity contribution in [1.82, 2.24) is 15.1 Å². The molecule has 1 heterocycles. The Balaban J connectivity index is 2.09. The second-order valence-corrected chi connectivity index (χ2v) is 4.84. The highest BCUT2D eigenvalue weighted by molar-refractivity contribution is 9.10. The highest BCUT2D eigenvalue weighted by Crippen LogP contribution is 2.18. The van der Waals surface area contributed by atoms with Gasteiger partial charge in [-0.25, -0.2) is 4.39 Å². The van der Waals surface area contributed by atoms with E-state index < -0.39 is 5.82 Å². The monoisotopic (exact) mass is 326 g/mol. The van der Waals surface area contributed by atoms with Crippen molar-refractivity contribution < 1.29 is 9.18 Å². The number of nitrogen functional groups attached to an aromatic ring is 1. The van der Waals surface area contributed by atoms with E-state index in [4.69, 9.17) is 5.73 Å². The average molecular weight is 327 g/mol. The predicted molar refractivity (Wildman–Crippen MR) is 72.9 cm³/mol. The first-order valence-corrected chi connectivity index (χ1v) is 6.28. The average Bonchev–Trinajstić information content (AvgIpc) is 2.70. The van der Waals surface area contributed by atoms with Crippen molar-refractivity contribution in [2.45, 2.75) is 6.54 Å². The van der Waals surface area contributed by atoms with Crippen molar-refractivity contribution in [3.05, 3.63) is 45.8 Å². The van der Waals surface area contributed by atoms with Crippen LogP contribution in [0.15, 0.2) is 28.9 Å². The van der Waals surface area contributed by atoms with Gasteiger partial charge < -0.3 is 11.1 Å². The number of benzene rings is 1. The highest BCUT2D eigenvalue weighted by Gasteiger charge is 2.12. The minimum atomic E-state index is -0.464. The summed E-state index contributed by atoms with van der Waals surface area (Å²) >= 11 is 3.21. The van der Waals surface area contributed by atoms with Crippen molar-refractivity contribution in [2.24, 2.45) is 7.05 Å². The molecule has 19 heavy (non-hydrogen) atoms. The Hall–Kier alpha value is -1.89. The van der Waals surface area contributed by atoms with E-state index in [-0.39, 0.29) is 18.0 Å². The van der Waals surface area contributed by atoms with Crippen molar-refractivity contribution in [3.8, 4) is 0 Å². The minimum Gasteiger partial charge on any atom is -0.384 e. The van der Waals surface area contributed by atoms with E-state index in [2.05, 4.69) is 26.3 Å². The molecule has 0 bridgehead atoms. The summed E-state index contributed by atoms with van der Waals surface area (Å²) in [4.78, 5) is 11.9. The Kier molecular flexibility index (Phi) is 3.84. The molecule has 0 radical (unpaired) electrons. The molecule has 0 fully saturated rings. The zero-order valence-electron chi connectivity index (χ0n) is 10.2. The van der Waals surface area contributed by atoms with Crippen LogP contribution in [-0.4, -0.2) is 15.7 Å². The highest BCUT2D eigenvalue weighted by atomic mass is 79.9. The fourth-order valence-corrected chi connectivity index (χ4v) is 2.00. The van der Waals surface area contributed by atoms with Crippen LogP contribution in [0, 0.1) is 5.82 Å². The molecule has 3 N–H and O–H groups in total. The maximum absolute atomic E-state index is 13.1. The van der Waals surface area contributed by atoms with Crippen LogP contribution in [-0.2, 0) is 13.6 Å². The van der Waals surface area contributed by atoms with Crippen molar-refractivity contribution in [3.63, 3.8) is 0 Å². The Morgan fingerprint density at radius 3 is 2.95 bits per heavy atom. The molecule has 1 amide bonds. The summed E-state index contributed by atoms with van der Waals surface area (Å²) in [5.41, 5.74) is 6.71. The molecule has 7 heteroatoms. The molecule has 2 rings (SSSR count). The fourth-order valence-electron chi connectivity index (χ4n) is 1.57. The van der Waals surface area contributed by atoms with E-state index in [0.717, 1.165) is 0 Å². The number of amides is 1. The summed E-state index contributed by atoms with van der Waals surface area (Å²) in [6.45, 7) is 0.238. The van der Waals surface area contributed by atoms with Crippen molar-refractivity contribution in [1.29, 1.82) is 0 Å². The van der Waals surface area contributed by atoms with Crippen LogP contribution in [0.2, 0.25) is 0 Å². The number of anilines is 1. The number of rotatable bonds is 3. The lowest BCUT2D eigenvalue weighted by Gasteiger charge is -2.06. The van der Waals surface area contributed by atoms with E-state index >= 15 is 0 Å². The molecule has 0 aliphatic carbocycles. The predicted octanol–water partition coefficient (Wildman–Crippen LogP) is 1.83. The van der Waals surface area contributed by atoms with Gasteiger partial charge in [0.1, 0.15) is 11.6 Å². The van der Waals surface area contributed by atoms with Gasteiger partial charge in [0.05, 0.1) is 11.8 Å². The zero-order valence-corrected chi connectivity index (χ0v) is 11.7. The van der Waals surface area contributed by atoms with Gasteiger partial charge in [-0.3, -0.25) is 9.48 Å². The summed E-state index contributed by atoms with van der Waals surface area (Å²) < 4.78 is 15.2. The Bertz CT molecular complexity index is 626. The summed E-state index contributed by atoms with van der Waals surface area (Å²) in [6.07, 6.45) is 1.58. The standard InChI is InChI=1S/C12H12BrFN4O/c1-18-11(15)7(6-17-18)5-16-12(19)9-4-8(14)2-3-10(9)13/h2-4,6H,5,15H2,1H3,(H,16,19). The van der Waals surface area contributed by atoms with Crippen LogP contribution in [0.4, 0.5) is 10.2 Å². The van der Waals surface area contributed by atoms with Crippen LogP contribution >= 0.6 is 15.9 Å². The first-order valence-electron chi connectivity index (χ1n) is 5.48. The topological polar surface area (TPSA) is 72.9 Å². The van der Waals surface area contributed by atoms with Crippen LogP contribution in [0.1, 0.15) is 15.9 Å². The Labute approximate surface area is 117 Å². The molecule has 2 aromatic rings. The molecule has 0 aliphatic heterocycles.